The van der Waals surface area contributed by atoms with Crippen molar-refractivity contribution in [3.8, 4) is 6.07 Å². The number of nitrogens with zero attached hydrogens (tertiary/aromatic N) is 5. The molecule has 0 N–H and O–H groups in total. The molecule has 0 amide bonds. The maximum absolute atomic E-state index is 9.01. The lowest BCUT2D eigenvalue weighted by molar-refractivity contribution is 0.231. The van der Waals surface area contributed by atoms with Gasteiger partial charge in [-0.1, -0.05) is 24.3 Å². The summed E-state index contributed by atoms with van der Waals surface area (Å²) >= 11 is 0. The van der Waals surface area contributed by atoms with E-state index in [1.165, 1.54) is 0 Å². The molecule has 1 saturated heterocycles. The highest BCUT2D eigenvalue weighted by atomic mass is 15.3. The zero-order valence-corrected chi connectivity index (χ0v) is 12.5. The lowest BCUT2D eigenvalue weighted by Gasteiger charge is -2.36. The van der Waals surface area contributed by atoms with Crippen LogP contribution in [-0.2, 0) is 0 Å². The fourth-order valence-corrected chi connectivity index (χ4v) is 2.86. The zero-order valence-electron chi connectivity index (χ0n) is 12.5. The summed E-state index contributed by atoms with van der Waals surface area (Å²) in [4.78, 5) is 4.48. The van der Waals surface area contributed by atoms with Crippen molar-refractivity contribution in [3.05, 3.63) is 30.0 Å². The molecule has 1 aliphatic heterocycles. The van der Waals surface area contributed by atoms with Crippen LogP contribution in [-0.4, -0.2) is 47.3 Å². The van der Waals surface area contributed by atoms with Crippen LogP contribution < -0.4 is 4.90 Å². The number of hydrogen-bond acceptors (Lipinski definition) is 5. The van der Waals surface area contributed by atoms with Crippen LogP contribution in [0.25, 0.3) is 10.8 Å². The van der Waals surface area contributed by atoms with Gasteiger partial charge in [-0.2, -0.15) is 10.4 Å². The van der Waals surface area contributed by atoms with Crippen LogP contribution in [0.15, 0.2) is 24.3 Å². The molecule has 1 aromatic carbocycles. The third-order valence-corrected chi connectivity index (χ3v) is 4.20. The molecule has 0 saturated carbocycles. The molecule has 0 spiro atoms. The zero-order chi connectivity index (χ0) is 14.8. The lowest BCUT2D eigenvalue weighted by atomic mass is 10.1. The Morgan fingerprint density at radius 3 is 2.43 bits per heavy atom. The van der Waals surface area contributed by atoms with Crippen LogP contribution in [0.2, 0.25) is 0 Å². The normalized spacial score (nSPS) is 17.7. The third kappa shape index (κ3) is 2.55. The van der Waals surface area contributed by atoms with Crippen molar-refractivity contribution in [1.29, 1.82) is 5.26 Å². The second kappa shape index (κ2) is 5.66. The van der Waals surface area contributed by atoms with Gasteiger partial charge in [0, 0.05) is 37.0 Å². The van der Waals surface area contributed by atoms with E-state index in [2.05, 4.69) is 38.2 Å². The molecule has 1 aliphatic rings. The number of piperazine rings is 1. The maximum Gasteiger partial charge on any atom is 0.159 e. The summed E-state index contributed by atoms with van der Waals surface area (Å²) in [6.07, 6.45) is 0. The second-order valence-electron chi connectivity index (χ2n) is 5.48. The van der Waals surface area contributed by atoms with E-state index in [1.54, 1.807) is 0 Å². The Morgan fingerprint density at radius 1 is 1.10 bits per heavy atom. The molecule has 1 unspecified atom stereocenters. The molecule has 2 aromatic rings. The average Bonchev–Trinajstić information content (AvgIpc) is 2.55. The van der Waals surface area contributed by atoms with Gasteiger partial charge in [0.1, 0.15) is 0 Å². The maximum atomic E-state index is 9.01. The van der Waals surface area contributed by atoms with Crippen LogP contribution in [0.4, 0.5) is 5.82 Å². The van der Waals surface area contributed by atoms with Crippen LogP contribution in [0.5, 0.6) is 0 Å². The van der Waals surface area contributed by atoms with Gasteiger partial charge in [-0.05, 0) is 13.8 Å². The highest BCUT2D eigenvalue weighted by molar-refractivity contribution is 5.93. The molecular formula is C16H19N5. The average molecular weight is 281 g/mol. The summed E-state index contributed by atoms with van der Waals surface area (Å²) in [5, 5.41) is 20.0. The number of nitriles is 1. The lowest BCUT2D eigenvalue weighted by Crippen LogP contribution is -2.49. The molecule has 0 aliphatic carbocycles. The molecule has 3 rings (SSSR count). The minimum absolute atomic E-state index is 0.0204. The highest BCUT2D eigenvalue weighted by Gasteiger charge is 2.23. The first kappa shape index (κ1) is 13.8. The summed E-state index contributed by atoms with van der Waals surface area (Å²) in [5.41, 5.74) is 0.964. The third-order valence-electron chi connectivity index (χ3n) is 4.20. The fraction of sp³-hybridized carbons (Fsp3) is 0.438. The molecule has 0 bridgehead atoms. The molecule has 2 heterocycles. The molecule has 21 heavy (non-hydrogen) atoms. The first-order chi connectivity index (χ1) is 10.2. The fourth-order valence-electron chi connectivity index (χ4n) is 2.86. The topological polar surface area (TPSA) is 56.1 Å². The Balaban J connectivity index is 1.87. The highest BCUT2D eigenvalue weighted by Crippen LogP contribution is 2.26. The molecule has 0 radical (unpaired) electrons. The van der Waals surface area contributed by atoms with E-state index in [-0.39, 0.29) is 6.04 Å². The van der Waals surface area contributed by atoms with E-state index in [0.29, 0.717) is 0 Å². The van der Waals surface area contributed by atoms with E-state index in [0.717, 1.165) is 48.5 Å². The van der Waals surface area contributed by atoms with E-state index in [9.17, 15) is 0 Å². The Morgan fingerprint density at radius 2 is 1.76 bits per heavy atom. The van der Waals surface area contributed by atoms with Gasteiger partial charge in [0.05, 0.1) is 17.8 Å². The Labute approximate surface area is 124 Å². The standard InChI is InChI=1S/C16H19N5/c1-12(11-17)20-7-9-21(10-8-20)16-15-6-4-3-5-14(15)13(2)18-19-16/h3-6,12H,7-10H2,1-2H3. The summed E-state index contributed by atoms with van der Waals surface area (Å²) in [6, 6.07) is 10.6. The number of aromatic nitrogens is 2. The smallest absolute Gasteiger partial charge is 0.159 e. The first-order valence-electron chi connectivity index (χ1n) is 7.31. The number of aryl methyl sites for hydroxylation is 1. The monoisotopic (exact) mass is 281 g/mol. The summed E-state index contributed by atoms with van der Waals surface area (Å²) in [6.45, 7) is 7.49. The molecule has 5 heteroatoms. The molecular weight excluding hydrogens is 262 g/mol. The van der Waals surface area contributed by atoms with Crippen LogP contribution in [0.1, 0.15) is 12.6 Å². The van der Waals surface area contributed by atoms with Gasteiger partial charge in [-0.3, -0.25) is 4.90 Å². The van der Waals surface area contributed by atoms with Gasteiger partial charge in [0.25, 0.3) is 0 Å². The Bertz CT molecular complexity index is 683. The van der Waals surface area contributed by atoms with Crippen molar-refractivity contribution in [2.75, 3.05) is 31.1 Å². The molecule has 1 atom stereocenters. The number of fused-ring (bicyclic) bond motifs is 1. The van der Waals surface area contributed by atoms with Gasteiger partial charge in [-0.25, -0.2) is 0 Å². The van der Waals surface area contributed by atoms with Gasteiger partial charge >= 0.3 is 0 Å². The van der Waals surface area contributed by atoms with Gasteiger partial charge in [0.2, 0.25) is 0 Å². The quantitative estimate of drug-likeness (QED) is 0.842. The molecule has 1 aromatic heterocycles. The van der Waals surface area contributed by atoms with Gasteiger partial charge in [0.15, 0.2) is 5.82 Å². The Hall–Kier alpha value is -2.19. The van der Waals surface area contributed by atoms with E-state index >= 15 is 0 Å². The minimum atomic E-state index is -0.0204. The van der Waals surface area contributed by atoms with Crippen LogP contribution >= 0.6 is 0 Å². The second-order valence-corrected chi connectivity index (χ2v) is 5.48. The number of anilines is 1. The van der Waals surface area contributed by atoms with E-state index in [4.69, 9.17) is 5.26 Å². The van der Waals surface area contributed by atoms with Crippen molar-refractivity contribution >= 4 is 16.6 Å². The van der Waals surface area contributed by atoms with Crippen LogP contribution in [0.3, 0.4) is 0 Å². The number of rotatable bonds is 2. The summed E-state index contributed by atoms with van der Waals surface area (Å²) in [5.74, 6) is 0.959. The Kier molecular flexibility index (Phi) is 3.72. The van der Waals surface area contributed by atoms with Gasteiger partial charge < -0.3 is 4.90 Å². The van der Waals surface area contributed by atoms with Crippen LogP contribution in [0, 0.1) is 18.3 Å². The van der Waals surface area contributed by atoms with Crippen molar-refractivity contribution in [1.82, 2.24) is 15.1 Å². The minimum Gasteiger partial charge on any atom is -0.352 e. The molecule has 108 valence electrons. The van der Waals surface area contributed by atoms with Gasteiger partial charge in [-0.15, -0.1) is 5.10 Å². The SMILES string of the molecule is Cc1nnc(N2CCN(C(C)C#N)CC2)c2ccccc12. The predicted molar refractivity (Wildman–Crippen MR) is 83.1 cm³/mol. The largest absolute Gasteiger partial charge is 0.352 e. The molecule has 1 fully saturated rings. The first-order valence-corrected chi connectivity index (χ1v) is 7.31. The van der Waals surface area contributed by atoms with Crippen molar-refractivity contribution in [2.45, 2.75) is 19.9 Å². The van der Waals surface area contributed by atoms with E-state index < -0.39 is 0 Å². The molecule has 5 nitrogen and oxygen atoms in total. The number of hydrogen-bond donors (Lipinski definition) is 0. The summed E-state index contributed by atoms with van der Waals surface area (Å²) in [7, 11) is 0. The van der Waals surface area contributed by atoms with Crippen molar-refractivity contribution in [2.24, 2.45) is 0 Å². The van der Waals surface area contributed by atoms with Crippen molar-refractivity contribution in [3.63, 3.8) is 0 Å². The summed E-state index contributed by atoms with van der Waals surface area (Å²) < 4.78 is 0. The predicted octanol–water partition coefficient (Wildman–Crippen LogP) is 1.97. The van der Waals surface area contributed by atoms with Crippen molar-refractivity contribution < 1.29 is 0 Å². The van der Waals surface area contributed by atoms with E-state index in [1.807, 2.05) is 26.0 Å². The number of benzene rings is 1.